The number of urea groups is 1. The maximum Gasteiger partial charge on any atom is 0.317 e. The van der Waals surface area contributed by atoms with Crippen molar-refractivity contribution in [1.82, 2.24) is 14.7 Å². The average molecular weight is 522 g/mol. The molecule has 1 aliphatic rings. The first kappa shape index (κ1) is 27.4. The molecule has 2 amide bonds. The van der Waals surface area contributed by atoms with Gasteiger partial charge in [-0.2, -0.15) is 0 Å². The summed E-state index contributed by atoms with van der Waals surface area (Å²) in [5, 5.41) is 6.68. The van der Waals surface area contributed by atoms with Crippen molar-refractivity contribution >= 4 is 23.4 Å². The van der Waals surface area contributed by atoms with Crippen LogP contribution < -0.4 is 15.8 Å². The van der Waals surface area contributed by atoms with Gasteiger partial charge in [0.15, 0.2) is 17.5 Å². The molecule has 1 atom stereocenters. The molecule has 0 saturated carbocycles. The maximum absolute atomic E-state index is 13.1. The van der Waals surface area contributed by atoms with E-state index in [1.807, 2.05) is 30.3 Å². The fourth-order valence-corrected chi connectivity index (χ4v) is 4.10. The van der Waals surface area contributed by atoms with E-state index in [4.69, 9.17) is 26.8 Å². The normalized spacial score (nSPS) is 15.3. The van der Waals surface area contributed by atoms with Gasteiger partial charge in [-0.25, -0.2) is 18.3 Å². The molecule has 36 heavy (non-hydrogen) atoms. The van der Waals surface area contributed by atoms with E-state index in [0.29, 0.717) is 24.9 Å². The summed E-state index contributed by atoms with van der Waals surface area (Å²) in [6, 6.07) is 13.1. The van der Waals surface area contributed by atoms with E-state index in [-0.39, 0.29) is 10.9 Å². The predicted octanol–water partition coefficient (Wildman–Crippen LogP) is 4.54. The van der Waals surface area contributed by atoms with Crippen molar-refractivity contribution in [2.24, 2.45) is 12.8 Å². The minimum absolute atomic E-state index is 0.220. The molecule has 3 N–H and O–H groups in total. The molecule has 2 heterocycles. The Morgan fingerprint density at radius 2 is 1.97 bits per heavy atom. The highest BCUT2D eigenvalue weighted by Gasteiger charge is 2.24. The van der Waals surface area contributed by atoms with Gasteiger partial charge >= 0.3 is 6.03 Å². The van der Waals surface area contributed by atoms with E-state index < -0.39 is 17.7 Å². The second-order valence-corrected chi connectivity index (χ2v) is 8.69. The third-order valence-corrected chi connectivity index (χ3v) is 6.06. The van der Waals surface area contributed by atoms with E-state index in [2.05, 4.69) is 15.3 Å². The van der Waals surface area contributed by atoms with Crippen LogP contribution >= 0.6 is 11.6 Å². The number of aryl methyl sites for hydroxylation is 1. The SMILES string of the molecule is COCCN1CCC(c2ccc(F)c(F)c2)C1.Cn1nc(OCc2ccccc2)c(Cl)c1NC(N)=O. The fraction of sp³-hybridized carbons (Fsp3) is 0.360. The number of amides is 2. The van der Waals surface area contributed by atoms with Crippen LogP contribution in [0.2, 0.25) is 5.02 Å². The lowest BCUT2D eigenvalue weighted by molar-refractivity contribution is 0.160. The number of hydrogen-bond acceptors (Lipinski definition) is 5. The zero-order chi connectivity index (χ0) is 26.1. The quantitative estimate of drug-likeness (QED) is 0.454. The summed E-state index contributed by atoms with van der Waals surface area (Å²) < 4.78 is 37.9. The van der Waals surface area contributed by atoms with Crippen molar-refractivity contribution in [2.45, 2.75) is 18.9 Å². The number of methoxy groups -OCH3 is 1. The molecule has 1 unspecified atom stereocenters. The van der Waals surface area contributed by atoms with Crippen molar-refractivity contribution in [2.75, 3.05) is 38.7 Å². The van der Waals surface area contributed by atoms with Gasteiger partial charge < -0.3 is 20.1 Å². The topological polar surface area (TPSA) is 94.6 Å². The molecule has 1 fully saturated rings. The minimum Gasteiger partial charge on any atom is -0.471 e. The summed E-state index contributed by atoms with van der Waals surface area (Å²) >= 11 is 6.06. The Bertz CT molecular complexity index is 1150. The fourth-order valence-electron chi connectivity index (χ4n) is 3.84. The lowest BCUT2D eigenvalue weighted by Crippen LogP contribution is -2.24. The Balaban J connectivity index is 0.000000202. The highest BCUT2D eigenvalue weighted by molar-refractivity contribution is 6.34. The van der Waals surface area contributed by atoms with Gasteiger partial charge in [-0.05, 0) is 42.1 Å². The van der Waals surface area contributed by atoms with E-state index >= 15 is 0 Å². The number of primary amides is 1. The van der Waals surface area contributed by atoms with Gasteiger partial charge in [0.2, 0.25) is 0 Å². The summed E-state index contributed by atoms with van der Waals surface area (Å²) in [5.41, 5.74) is 6.93. The molecule has 0 spiro atoms. The molecule has 0 aliphatic carbocycles. The van der Waals surface area contributed by atoms with Crippen molar-refractivity contribution in [3.05, 3.63) is 76.3 Å². The standard InChI is InChI=1S/C13H17F2NO.C12H13ClN4O2/c1-17-7-6-16-5-4-11(9-16)10-2-3-12(14)13(15)8-10;1-17-10(15-12(14)18)9(13)11(16-17)19-7-8-5-3-2-4-6-8/h2-3,8,11H,4-7,9H2,1H3;2-6H,7H2,1H3,(H3,14,15,18). The number of benzene rings is 2. The minimum atomic E-state index is -0.775. The Morgan fingerprint density at radius 3 is 2.64 bits per heavy atom. The van der Waals surface area contributed by atoms with Gasteiger partial charge in [0.05, 0.1) is 6.61 Å². The first-order chi connectivity index (χ1) is 17.3. The molecule has 0 radical (unpaired) electrons. The second kappa shape index (κ2) is 13.2. The zero-order valence-corrected chi connectivity index (χ0v) is 21.0. The first-order valence-electron chi connectivity index (χ1n) is 11.4. The van der Waals surface area contributed by atoms with E-state index in [0.717, 1.165) is 37.2 Å². The molecule has 1 aliphatic heterocycles. The Hall–Kier alpha value is -3.21. The molecule has 2 aromatic carbocycles. The van der Waals surface area contributed by atoms with E-state index in [9.17, 15) is 13.6 Å². The van der Waals surface area contributed by atoms with E-state index in [1.54, 1.807) is 20.2 Å². The van der Waals surface area contributed by atoms with Crippen molar-refractivity contribution < 1.29 is 23.0 Å². The Labute approximate surface area is 213 Å². The monoisotopic (exact) mass is 521 g/mol. The highest BCUT2D eigenvalue weighted by atomic mass is 35.5. The van der Waals surface area contributed by atoms with Crippen LogP contribution in [0.15, 0.2) is 48.5 Å². The number of carbonyl (C=O) groups excluding carboxylic acids is 1. The summed E-state index contributed by atoms with van der Waals surface area (Å²) in [4.78, 5) is 13.1. The van der Waals surface area contributed by atoms with Crippen molar-refractivity contribution in [1.29, 1.82) is 0 Å². The molecular weight excluding hydrogens is 492 g/mol. The van der Waals surface area contributed by atoms with Crippen LogP contribution in [-0.2, 0) is 18.4 Å². The van der Waals surface area contributed by atoms with Gasteiger partial charge in [-0.15, -0.1) is 5.10 Å². The molecule has 194 valence electrons. The van der Waals surface area contributed by atoms with Gasteiger partial charge in [0, 0.05) is 27.2 Å². The number of nitrogens with one attached hydrogen (secondary N) is 1. The molecule has 1 aromatic heterocycles. The van der Waals surface area contributed by atoms with Crippen molar-refractivity contribution in [3.63, 3.8) is 0 Å². The van der Waals surface area contributed by atoms with Crippen LogP contribution in [0, 0.1) is 11.6 Å². The number of ether oxygens (including phenoxy) is 2. The number of nitrogens with zero attached hydrogens (tertiary/aromatic N) is 3. The lowest BCUT2D eigenvalue weighted by Gasteiger charge is -2.15. The molecule has 1 saturated heterocycles. The lowest BCUT2D eigenvalue weighted by atomic mass is 9.98. The molecular formula is C25H30ClF2N5O3. The second-order valence-electron chi connectivity index (χ2n) is 8.31. The smallest absolute Gasteiger partial charge is 0.317 e. The molecule has 11 heteroatoms. The third-order valence-electron chi connectivity index (χ3n) is 5.72. The number of likely N-dealkylation sites (tertiary alicyclic amines) is 1. The largest absolute Gasteiger partial charge is 0.471 e. The van der Waals surface area contributed by atoms with Crippen LogP contribution in [0.4, 0.5) is 19.4 Å². The number of anilines is 1. The Morgan fingerprint density at radius 1 is 1.22 bits per heavy atom. The predicted molar refractivity (Wildman–Crippen MR) is 134 cm³/mol. The maximum atomic E-state index is 13.1. The Kier molecular flexibility index (Phi) is 10.0. The summed E-state index contributed by atoms with van der Waals surface area (Å²) in [7, 11) is 3.31. The summed E-state index contributed by atoms with van der Waals surface area (Å²) in [6.07, 6.45) is 0.995. The highest BCUT2D eigenvalue weighted by Crippen LogP contribution is 2.31. The van der Waals surface area contributed by atoms with Crippen LogP contribution in [0.3, 0.4) is 0 Å². The summed E-state index contributed by atoms with van der Waals surface area (Å²) in [5.74, 6) is -0.670. The number of nitrogens with two attached hydrogens (primary N) is 1. The van der Waals surface area contributed by atoms with Crippen LogP contribution in [0.5, 0.6) is 5.88 Å². The molecule has 8 nitrogen and oxygen atoms in total. The van der Waals surface area contributed by atoms with Gasteiger partial charge in [-0.1, -0.05) is 48.0 Å². The summed E-state index contributed by atoms with van der Waals surface area (Å²) in [6.45, 7) is 3.84. The zero-order valence-electron chi connectivity index (χ0n) is 20.2. The van der Waals surface area contributed by atoms with Crippen LogP contribution in [-0.4, -0.2) is 54.1 Å². The average Bonchev–Trinajstić information content (AvgIpc) is 3.44. The number of carbonyl (C=O) groups is 1. The third kappa shape index (κ3) is 7.64. The van der Waals surface area contributed by atoms with E-state index in [1.165, 1.54) is 16.8 Å². The van der Waals surface area contributed by atoms with Crippen LogP contribution in [0.25, 0.3) is 0 Å². The number of halogens is 3. The first-order valence-corrected chi connectivity index (χ1v) is 11.8. The number of aromatic nitrogens is 2. The molecule has 4 rings (SSSR count). The van der Waals surface area contributed by atoms with Gasteiger partial charge in [0.25, 0.3) is 5.88 Å². The number of rotatable bonds is 8. The van der Waals surface area contributed by atoms with Crippen molar-refractivity contribution in [3.8, 4) is 5.88 Å². The number of hydrogen-bond donors (Lipinski definition) is 2. The van der Waals surface area contributed by atoms with Gasteiger partial charge in [-0.3, -0.25) is 5.32 Å². The molecule has 3 aromatic rings. The van der Waals surface area contributed by atoms with Crippen LogP contribution in [0.1, 0.15) is 23.5 Å². The molecule has 0 bridgehead atoms. The van der Waals surface area contributed by atoms with Gasteiger partial charge in [0.1, 0.15) is 11.6 Å².